The van der Waals surface area contributed by atoms with E-state index in [1.807, 2.05) is 47.8 Å². The van der Waals surface area contributed by atoms with Crippen LogP contribution in [0.15, 0.2) is 83.4 Å². The van der Waals surface area contributed by atoms with E-state index in [9.17, 15) is 4.79 Å². The fourth-order valence-corrected chi connectivity index (χ4v) is 3.35. The predicted octanol–water partition coefficient (Wildman–Crippen LogP) is 5.23. The Bertz CT molecular complexity index is 1190. The van der Waals surface area contributed by atoms with E-state index < -0.39 is 5.97 Å². The molecule has 8 heteroatoms. The van der Waals surface area contributed by atoms with E-state index in [1.165, 1.54) is 30.7 Å². The fraction of sp³-hybridized carbons (Fsp3) is 0.0435. The number of ether oxygens (including phenoxy) is 2. The van der Waals surface area contributed by atoms with E-state index >= 15 is 0 Å². The van der Waals surface area contributed by atoms with Gasteiger partial charge in [-0.05, 0) is 35.9 Å². The van der Waals surface area contributed by atoms with Gasteiger partial charge >= 0.3 is 5.97 Å². The van der Waals surface area contributed by atoms with Crippen LogP contribution < -0.4 is 10.2 Å². The minimum atomic E-state index is -0.442. The van der Waals surface area contributed by atoms with Crippen LogP contribution in [0.1, 0.15) is 15.9 Å². The quantitative estimate of drug-likeness (QED) is 0.245. The second kappa shape index (κ2) is 9.64. The first-order valence-corrected chi connectivity index (χ1v) is 10.2. The lowest BCUT2D eigenvalue weighted by molar-refractivity contribution is 0.0600. The van der Waals surface area contributed by atoms with Crippen LogP contribution in [0.2, 0.25) is 0 Å². The Kier molecular flexibility index (Phi) is 6.29. The molecule has 0 atom stereocenters. The maximum Gasteiger partial charge on any atom is 0.338 e. The molecule has 2 aromatic carbocycles. The van der Waals surface area contributed by atoms with Crippen molar-refractivity contribution in [2.75, 3.05) is 12.5 Å². The van der Waals surface area contributed by atoms with Gasteiger partial charge in [0, 0.05) is 23.2 Å². The van der Waals surface area contributed by atoms with Gasteiger partial charge < -0.3 is 9.47 Å². The smallest absolute Gasteiger partial charge is 0.338 e. The number of nitrogens with zero attached hydrogens (tertiary/aromatic N) is 3. The number of rotatable bonds is 7. The third-order valence-electron chi connectivity index (χ3n) is 4.21. The van der Waals surface area contributed by atoms with Crippen LogP contribution in [-0.2, 0) is 4.74 Å². The van der Waals surface area contributed by atoms with Gasteiger partial charge in [-0.15, -0.1) is 11.3 Å². The molecule has 0 spiro atoms. The molecule has 0 amide bonds. The molecule has 2 heterocycles. The summed E-state index contributed by atoms with van der Waals surface area (Å²) in [7, 11) is 1.33. The first-order valence-electron chi connectivity index (χ1n) is 9.33. The van der Waals surface area contributed by atoms with E-state index in [0.29, 0.717) is 22.3 Å². The van der Waals surface area contributed by atoms with Gasteiger partial charge in [-0.1, -0.05) is 30.3 Å². The Morgan fingerprint density at radius 2 is 1.90 bits per heavy atom. The highest BCUT2D eigenvalue weighted by molar-refractivity contribution is 7.14. The molecular formula is C23H18N4O3S. The van der Waals surface area contributed by atoms with Gasteiger partial charge in [0.25, 0.3) is 0 Å². The van der Waals surface area contributed by atoms with E-state index in [0.717, 1.165) is 16.8 Å². The Morgan fingerprint density at radius 1 is 1.10 bits per heavy atom. The lowest BCUT2D eigenvalue weighted by Gasteiger charge is -2.06. The number of hydrazone groups is 1. The molecule has 1 N–H and O–H groups in total. The molecule has 0 aliphatic heterocycles. The van der Waals surface area contributed by atoms with Gasteiger partial charge in [-0.3, -0.25) is 5.43 Å². The standard InChI is InChI=1S/C23H18N4O3S/c1-29-22(28)18-11-12-24-21(13-18)30-19-9-7-16(8-10-19)14-25-27-23-26-20(15-31-23)17-5-3-2-4-6-17/h2-15H,1H3,(H,26,27). The summed E-state index contributed by atoms with van der Waals surface area (Å²) < 4.78 is 10.4. The van der Waals surface area contributed by atoms with Crippen LogP contribution in [0, 0.1) is 0 Å². The number of carbonyl (C=O) groups is 1. The monoisotopic (exact) mass is 430 g/mol. The van der Waals surface area contributed by atoms with Gasteiger partial charge in [0.05, 0.1) is 24.6 Å². The number of pyridine rings is 1. The largest absolute Gasteiger partial charge is 0.465 e. The highest BCUT2D eigenvalue weighted by atomic mass is 32.1. The van der Waals surface area contributed by atoms with Gasteiger partial charge in [-0.2, -0.15) is 5.10 Å². The first-order chi connectivity index (χ1) is 15.2. The lowest BCUT2D eigenvalue weighted by Crippen LogP contribution is -2.01. The number of anilines is 1. The molecule has 0 aliphatic rings. The molecule has 0 bridgehead atoms. The van der Waals surface area contributed by atoms with Crippen molar-refractivity contribution in [1.82, 2.24) is 9.97 Å². The Balaban J connectivity index is 1.35. The second-order valence-corrected chi connectivity index (χ2v) is 7.18. The SMILES string of the molecule is COC(=O)c1ccnc(Oc2ccc(C=NNc3nc(-c4ccccc4)cs3)cc2)c1. The van der Waals surface area contributed by atoms with Crippen molar-refractivity contribution in [2.45, 2.75) is 0 Å². The van der Waals surface area contributed by atoms with Crippen LogP contribution in [-0.4, -0.2) is 29.3 Å². The van der Waals surface area contributed by atoms with Crippen molar-refractivity contribution < 1.29 is 14.3 Å². The molecule has 0 saturated heterocycles. The Hall–Kier alpha value is -4.04. The van der Waals surface area contributed by atoms with Crippen LogP contribution >= 0.6 is 11.3 Å². The molecule has 31 heavy (non-hydrogen) atoms. The van der Waals surface area contributed by atoms with Crippen LogP contribution in [0.25, 0.3) is 11.3 Å². The summed E-state index contributed by atoms with van der Waals surface area (Å²) in [5.74, 6) is 0.457. The highest BCUT2D eigenvalue weighted by Gasteiger charge is 2.08. The number of aromatic nitrogens is 2. The molecule has 4 rings (SSSR count). The summed E-state index contributed by atoms with van der Waals surface area (Å²) in [5, 5.41) is 6.94. The second-order valence-electron chi connectivity index (χ2n) is 6.32. The Labute approximate surface area is 183 Å². The van der Waals surface area contributed by atoms with Crippen LogP contribution in [0.4, 0.5) is 5.13 Å². The summed E-state index contributed by atoms with van der Waals surface area (Å²) in [6.45, 7) is 0. The summed E-state index contributed by atoms with van der Waals surface area (Å²) in [5.41, 5.74) is 6.19. The number of carbonyl (C=O) groups excluding carboxylic acids is 1. The zero-order chi connectivity index (χ0) is 21.5. The van der Waals surface area contributed by atoms with Crippen molar-refractivity contribution in [3.8, 4) is 22.9 Å². The molecule has 0 radical (unpaired) electrons. The fourth-order valence-electron chi connectivity index (χ4n) is 2.68. The minimum absolute atomic E-state index is 0.309. The number of esters is 1. The van der Waals surface area contributed by atoms with Crippen molar-refractivity contribution in [3.63, 3.8) is 0 Å². The maximum absolute atomic E-state index is 11.6. The number of methoxy groups -OCH3 is 1. The predicted molar refractivity (Wildman–Crippen MR) is 121 cm³/mol. The topological polar surface area (TPSA) is 85.7 Å². The summed E-state index contributed by atoms with van der Waals surface area (Å²) in [4.78, 5) is 20.3. The number of nitrogens with one attached hydrogen (secondary N) is 1. The number of thiazole rings is 1. The van der Waals surface area contributed by atoms with E-state index in [4.69, 9.17) is 9.47 Å². The first kappa shape index (κ1) is 20.2. The Morgan fingerprint density at radius 3 is 2.68 bits per heavy atom. The van der Waals surface area contributed by atoms with Gasteiger partial charge in [0.2, 0.25) is 11.0 Å². The number of benzene rings is 2. The molecule has 4 aromatic rings. The van der Waals surface area contributed by atoms with Crippen molar-refractivity contribution in [1.29, 1.82) is 0 Å². The zero-order valence-electron chi connectivity index (χ0n) is 16.6. The normalized spacial score (nSPS) is 10.7. The van der Waals surface area contributed by atoms with Gasteiger partial charge in [-0.25, -0.2) is 14.8 Å². The molecular weight excluding hydrogens is 412 g/mol. The molecule has 0 unspecified atom stereocenters. The third-order valence-corrected chi connectivity index (χ3v) is 4.95. The van der Waals surface area contributed by atoms with E-state index in [-0.39, 0.29) is 0 Å². The van der Waals surface area contributed by atoms with Gasteiger partial charge in [0.15, 0.2) is 0 Å². The van der Waals surface area contributed by atoms with Crippen molar-refractivity contribution in [2.24, 2.45) is 5.10 Å². The lowest BCUT2D eigenvalue weighted by atomic mass is 10.2. The minimum Gasteiger partial charge on any atom is -0.465 e. The summed E-state index contributed by atoms with van der Waals surface area (Å²) >= 11 is 1.49. The number of hydrogen-bond donors (Lipinski definition) is 1. The van der Waals surface area contributed by atoms with Crippen molar-refractivity contribution in [3.05, 3.63) is 89.4 Å². The van der Waals surface area contributed by atoms with Crippen molar-refractivity contribution >= 4 is 28.7 Å². The molecule has 0 saturated carbocycles. The number of hydrogen-bond acceptors (Lipinski definition) is 8. The molecule has 0 fully saturated rings. The summed E-state index contributed by atoms with van der Waals surface area (Å²) in [6, 6.07) is 20.4. The molecule has 7 nitrogen and oxygen atoms in total. The van der Waals surface area contributed by atoms with Gasteiger partial charge in [0.1, 0.15) is 5.75 Å². The molecule has 0 aliphatic carbocycles. The molecule has 2 aromatic heterocycles. The molecule has 154 valence electrons. The average molecular weight is 430 g/mol. The maximum atomic E-state index is 11.6. The van der Waals surface area contributed by atoms with Crippen LogP contribution in [0.3, 0.4) is 0 Å². The van der Waals surface area contributed by atoms with E-state index in [1.54, 1.807) is 24.4 Å². The van der Waals surface area contributed by atoms with E-state index in [2.05, 4.69) is 20.5 Å². The average Bonchev–Trinajstić information content (AvgIpc) is 3.29. The highest BCUT2D eigenvalue weighted by Crippen LogP contribution is 2.24. The summed E-state index contributed by atoms with van der Waals surface area (Å²) in [6.07, 6.45) is 3.19. The zero-order valence-corrected chi connectivity index (χ0v) is 17.4. The van der Waals surface area contributed by atoms with Crippen LogP contribution in [0.5, 0.6) is 11.6 Å². The third kappa shape index (κ3) is 5.31.